The molecule has 1 unspecified atom stereocenters. The zero-order valence-electron chi connectivity index (χ0n) is 16.2. The summed E-state index contributed by atoms with van der Waals surface area (Å²) in [4.78, 5) is 39.6. The summed E-state index contributed by atoms with van der Waals surface area (Å²) < 4.78 is 1.03. The minimum absolute atomic E-state index is 0.141. The molecule has 4 rings (SSSR count). The van der Waals surface area contributed by atoms with Gasteiger partial charge in [-0.15, -0.1) is 11.8 Å². The number of thioether (sulfide) groups is 1. The van der Waals surface area contributed by atoms with Crippen LogP contribution < -0.4 is 15.5 Å². The van der Waals surface area contributed by atoms with Crippen molar-refractivity contribution >= 4 is 69.3 Å². The molecule has 0 radical (unpaired) electrons. The molecule has 3 aromatic carbocycles. The van der Waals surface area contributed by atoms with E-state index in [1.54, 1.807) is 42.5 Å². The first-order valence-electron chi connectivity index (χ1n) is 9.52. The third kappa shape index (κ3) is 5.26. The zero-order valence-corrected chi connectivity index (χ0v) is 19.2. The van der Waals surface area contributed by atoms with Gasteiger partial charge in [-0.3, -0.25) is 9.59 Å². The molecule has 156 valence electrons. The molecule has 6 nitrogen and oxygen atoms in total. The number of benzene rings is 3. The number of imide groups is 1. The highest BCUT2D eigenvalue weighted by Crippen LogP contribution is 2.35. The molecule has 0 spiro atoms. The molecule has 3 aromatic rings. The maximum absolute atomic E-state index is 12.9. The second-order valence-corrected chi connectivity index (χ2v) is 9.35. The van der Waals surface area contributed by atoms with E-state index in [1.807, 2.05) is 36.4 Å². The van der Waals surface area contributed by atoms with Crippen molar-refractivity contribution in [3.63, 3.8) is 0 Å². The second-order valence-electron chi connectivity index (χ2n) is 6.83. The highest BCUT2D eigenvalue weighted by Gasteiger charge is 2.40. The lowest BCUT2D eigenvalue weighted by Gasteiger charge is -2.15. The highest BCUT2D eigenvalue weighted by molar-refractivity contribution is 14.1. The van der Waals surface area contributed by atoms with Gasteiger partial charge in [-0.05, 0) is 77.2 Å². The number of carbonyl (C=O) groups is 3. The first kappa shape index (κ1) is 21.4. The molecule has 2 N–H and O–H groups in total. The molecule has 1 heterocycles. The van der Waals surface area contributed by atoms with E-state index in [0.717, 1.165) is 8.47 Å². The average Bonchev–Trinajstić information content (AvgIpc) is 3.02. The molecule has 4 amide bonds. The Hall–Kier alpha value is -2.85. The van der Waals surface area contributed by atoms with Gasteiger partial charge >= 0.3 is 6.03 Å². The largest absolute Gasteiger partial charge is 0.323 e. The van der Waals surface area contributed by atoms with Crippen LogP contribution in [0.4, 0.5) is 21.9 Å². The molecule has 31 heavy (non-hydrogen) atoms. The van der Waals surface area contributed by atoms with Crippen LogP contribution in [0.3, 0.4) is 0 Å². The van der Waals surface area contributed by atoms with Crippen molar-refractivity contribution in [2.24, 2.45) is 0 Å². The Morgan fingerprint density at radius 2 is 1.58 bits per heavy atom. The van der Waals surface area contributed by atoms with E-state index in [4.69, 9.17) is 0 Å². The Morgan fingerprint density at radius 1 is 0.903 bits per heavy atom. The van der Waals surface area contributed by atoms with Crippen molar-refractivity contribution in [1.29, 1.82) is 0 Å². The number of nitrogens with zero attached hydrogens (tertiary/aromatic N) is 1. The Kier molecular flexibility index (Phi) is 6.57. The number of hydrogen-bond donors (Lipinski definition) is 2. The highest BCUT2D eigenvalue weighted by atomic mass is 127. The average molecular weight is 543 g/mol. The monoisotopic (exact) mass is 543 g/mol. The van der Waals surface area contributed by atoms with Crippen LogP contribution in [0.1, 0.15) is 6.42 Å². The number of urea groups is 1. The topological polar surface area (TPSA) is 78.5 Å². The van der Waals surface area contributed by atoms with Crippen LogP contribution in [0.15, 0.2) is 83.8 Å². The van der Waals surface area contributed by atoms with Gasteiger partial charge in [-0.2, -0.15) is 0 Å². The lowest BCUT2D eigenvalue weighted by atomic mass is 10.3. The minimum Gasteiger partial charge on any atom is -0.308 e. The van der Waals surface area contributed by atoms with E-state index in [2.05, 4.69) is 33.2 Å². The number of para-hydroxylation sites is 1. The lowest BCUT2D eigenvalue weighted by Crippen LogP contribution is -2.31. The first-order valence-corrected chi connectivity index (χ1v) is 11.5. The summed E-state index contributed by atoms with van der Waals surface area (Å²) in [6.45, 7) is 0. The molecule has 0 aromatic heterocycles. The fraction of sp³-hybridized carbons (Fsp3) is 0.0870. The van der Waals surface area contributed by atoms with E-state index in [9.17, 15) is 14.4 Å². The SMILES string of the molecule is O=C(Nc1ccccc1)Nc1cccc(SC2CC(=O)N(c3ccc(I)cc3)C2=O)c1. The molecule has 0 saturated carbocycles. The number of carbonyl (C=O) groups excluding carboxylic acids is 3. The molecule has 1 saturated heterocycles. The molecule has 0 bridgehead atoms. The van der Waals surface area contributed by atoms with Gasteiger partial charge in [0.2, 0.25) is 11.8 Å². The predicted octanol–water partition coefficient (Wildman–Crippen LogP) is 5.36. The number of amides is 4. The van der Waals surface area contributed by atoms with Crippen molar-refractivity contribution < 1.29 is 14.4 Å². The lowest BCUT2D eigenvalue weighted by molar-refractivity contribution is -0.121. The second kappa shape index (κ2) is 9.52. The molecule has 8 heteroatoms. The van der Waals surface area contributed by atoms with Gasteiger partial charge < -0.3 is 10.6 Å². The summed E-state index contributed by atoms with van der Waals surface area (Å²) >= 11 is 3.50. The molecule has 1 atom stereocenters. The smallest absolute Gasteiger partial charge is 0.308 e. The fourth-order valence-electron chi connectivity index (χ4n) is 3.18. The predicted molar refractivity (Wildman–Crippen MR) is 131 cm³/mol. The van der Waals surface area contributed by atoms with E-state index in [-0.39, 0.29) is 24.3 Å². The van der Waals surface area contributed by atoms with Crippen LogP contribution in [0.5, 0.6) is 0 Å². The van der Waals surface area contributed by atoms with E-state index >= 15 is 0 Å². The van der Waals surface area contributed by atoms with Crippen molar-refractivity contribution in [3.05, 3.63) is 82.4 Å². The van der Waals surface area contributed by atoms with Crippen LogP contribution in [0.2, 0.25) is 0 Å². The molecule has 0 aliphatic carbocycles. The Labute approximate surface area is 197 Å². The van der Waals surface area contributed by atoms with E-state index < -0.39 is 5.25 Å². The minimum atomic E-state index is -0.500. The van der Waals surface area contributed by atoms with Crippen LogP contribution >= 0.6 is 34.4 Å². The summed E-state index contributed by atoms with van der Waals surface area (Å²) in [6.07, 6.45) is 0.141. The zero-order chi connectivity index (χ0) is 21.8. The Morgan fingerprint density at radius 3 is 2.32 bits per heavy atom. The van der Waals surface area contributed by atoms with Crippen LogP contribution in [-0.4, -0.2) is 23.1 Å². The molecular weight excluding hydrogens is 525 g/mol. The summed E-state index contributed by atoms with van der Waals surface area (Å²) in [5.74, 6) is -0.434. The van der Waals surface area contributed by atoms with Gasteiger partial charge in [0.15, 0.2) is 0 Å². The van der Waals surface area contributed by atoms with E-state index in [0.29, 0.717) is 17.1 Å². The summed E-state index contributed by atoms with van der Waals surface area (Å²) in [6, 6.07) is 23.3. The maximum Gasteiger partial charge on any atom is 0.323 e. The quantitative estimate of drug-likeness (QED) is 0.336. The normalized spacial score (nSPS) is 15.8. The van der Waals surface area contributed by atoms with Crippen molar-refractivity contribution in [2.45, 2.75) is 16.6 Å². The van der Waals surface area contributed by atoms with Gasteiger partial charge in [0, 0.05) is 26.3 Å². The Bertz CT molecular complexity index is 1120. The first-order chi connectivity index (χ1) is 15.0. The van der Waals surface area contributed by atoms with Gasteiger partial charge in [0.25, 0.3) is 0 Å². The van der Waals surface area contributed by atoms with Crippen LogP contribution in [0.25, 0.3) is 0 Å². The van der Waals surface area contributed by atoms with Crippen molar-refractivity contribution in [2.75, 3.05) is 15.5 Å². The van der Waals surface area contributed by atoms with Crippen molar-refractivity contribution in [3.8, 4) is 0 Å². The molecule has 1 fully saturated rings. The standard InChI is InChI=1S/C23H18IN3O3S/c24-15-9-11-18(12-10-15)27-21(28)14-20(22(27)29)31-19-8-4-7-17(13-19)26-23(30)25-16-5-2-1-3-6-16/h1-13,20H,14H2,(H2,25,26,30). The molecular formula is C23H18IN3O3S. The van der Waals surface area contributed by atoms with Crippen LogP contribution in [0, 0.1) is 3.57 Å². The molecule has 1 aliphatic rings. The van der Waals surface area contributed by atoms with Gasteiger partial charge in [-0.1, -0.05) is 24.3 Å². The third-order valence-corrected chi connectivity index (χ3v) is 6.49. The Balaban J connectivity index is 1.41. The van der Waals surface area contributed by atoms with Crippen LogP contribution in [-0.2, 0) is 9.59 Å². The number of halogens is 1. The summed E-state index contributed by atoms with van der Waals surface area (Å²) in [5, 5.41) is 5.05. The van der Waals surface area contributed by atoms with Gasteiger partial charge in [0.05, 0.1) is 10.9 Å². The summed E-state index contributed by atoms with van der Waals surface area (Å²) in [5.41, 5.74) is 1.88. The van der Waals surface area contributed by atoms with E-state index in [1.165, 1.54) is 16.7 Å². The fourth-order valence-corrected chi connectivity index (χ4v) is 4.66. The van der Waals surface area contributed by atoms with Gasteiger partial charge in [0.1, 0.15) is 0 Å². The summed E-state index contributed by atoms with van der Waals surface area (Å²) in [7, 11) is 0. The van der Waals surface area contributed by atoms with Gasteiger partial charge in [-0.25, -0.2) is 9.69 Å². The maximum atomic E-state index is 12.9. The number of rotatable bonds is 5. The number of hydrogen-bond acceptors (Lipinski definition) is 4. The third-order valence-electron chi connectivity index (χ3n) is 4.59. The van der Waals surface area contributed by atoms with Crippen molar-refractivity contribution in [1.82, 2.24) is 0 Å². The number of anilines is 3. The molecule has 1 aliphatic heterocycles. The number of nitrogens with one attached hydrogen (secondary N) is 2.